The predicted molar refractivity (Wildman–Crippen MR) is 88.3 cm³/mol. The van der Waals surface area contributed by atoms with Crippen molar-refractivity contribution in [2.45, 2.75) is 0 Å². The number of carbonyl (C=O) groups is 1. The molecule has 1 N–H and O–H groups in total. The van der Waals surface area contributed by atoms with Crippen LogP contribution in [0.25, 0.3) is 0 Å². The van der Waals surface area contributed by atoms with Crippen molar-refractivity contribution < 1.29 is 22.0 Å². The second-order valence-corrected chi connectivity index (χ2v) is 7.01. The van der Waals surface area contributed by atoms with E-state index in [-0.39, 0.29) is 0 Å². The van der Waals surface area contributed by atoms with E-state index in [1.165, 1.54) is 24.3 Å². The van der Waals surface area contributed by atoms with Gasteiger partial charge in [-0.25, -0.2) is 17.2 Å². The minimum absolute atomic E-state index is 0.344. The number of nitrogens with one attached hydrogen (secondary N) is 1. The van der Waals surface area contributed by atoms with Crippen molar-refractivity contribution in [3.63, 3.8) is 0 Å². The third-order valence-corrected chi connectivity index (χ3v) is 4.29. The molecule has 0 aromatic heterocycles. The summed E-state index contributed by atoms with van der Waals surface area (Å²) < 4.78 is 51.2. The van der Waals surface area contributed by atoms with E-state index in [2.05, 4.69) is 5.32 Å². The van der Waals surface area contributed by atoms with Gasteiger partial charge in [-0.15, -0.1) is 0 Å². The lowest BCUT2D eigenvalue weighted by Gasteiger charge is -2.22. The highest BCUT2D eigenvalue weighted by Gasteiger charge is 2.24. The van der Waals surface area contributed by atoms with Crippen molar-refractivity contribution in [3.8, 4) is 6.07 Å². The van der Waals surface area contributed by atoms with Crippen LogP contribution in [0.4, 0.5) is 20.2 Å². The van der Waals surface area contributed by atoms with Crippen molar-refractivity contribution in [3.05, 3.63) is 59.7 Å². The number of hydrogen-bond acceptors (Lipinski definition) is 4. The Hall–Kier alpha value is -2.99. The number of halogens is 2. The predicted octanol–water partition coefficient (Wildman–Crippen LogP) is 2.24. The third-order valence-electron chi connectivity index (χ3n) is 3.16. The van der Waals surface area contributed by atoms with Gasteiger partial charge in [0.05, 0.1) is 23.6 Å². The number of anilines is 2. The molecule has 0 saturated carbocycles. The molecule has 0 atom stereocenters. The molecule has 9 heteroatoms. The van der Waals surface area contributed by atoms with E-state index >= 15 is 0 Å². The Labute approximate surface area is 143 Å². The zero-order valence-corrected chi connectivity index (χ0v) is 13.8. The van der Waals surface area contributed by atoms with E-state index in [1.54, 1.807) is 0 Å². The van der Waals surface area contributed by atoms with E-state index in [4.69, 9.17) is 5.26 Å². The molecule has 0 heterocycles. The van der Waals surface area contributed by atoms with Crippen LogP contribution in [0.5, 0.6) is 0 Å². The molecule has 2 aromatic carbocycles. The lowest BCUT2D eigenvalue weighted by atomic mass is 10.2. The molecule has 0 bridgehead atoms. The molecule has 0 radical (unpaired) electrons. The maximum absolute atomic E-state index is 13.9. The first-order valence-electron chi connectivity index (χ1n) is 6.93. The molecule has 6 nitrogen and oxygen atoms in total. The number of carbonyl (C=O) groups excluding carboxylic acids is 1. The second kappa shape index (κ2) is 7.27. The Kier molecular flexibility index (Phi) is 5.34. The Morgan fingerprint density at radius 2 is 1.84 bits per heavy atom. The van der Waals surface area contributed by atoms with Crippen LogP contribution in [-0.4, -0.2) is 27.1 Å². The van der Waals surface area contributed by atoms with Crippen molar-refractivity contribution in [2.75, 3.05) is 22.4 Å². The minimum atomic E-state index is -3.98. The number of hydrogen-bond donors (Lipinski definition) is 1. The molecule has 0 aliphatic rings. The van der Waals surface area contributed by atoms with Crippen LogP contribution in [0.3, 0.4) is 0 Å². The summed E-state index contributed by atoms with van der Waals surface area (Å²) >= 11 is 0. The first-order chi connectivity index (χ1) is 11.7. The van der Waals surface area contributed by atoms with E-state index in [0.717, 1.165) is 18.4 Å². The van der Waals surface area contributed by atoms with Gasteiger partial charge in [-0.3, -0.25) is 9.10 Å². The summed E-state index contributed by atoms with van der Waals surface area (Å²) in [6.45, 7) is -0.693. The fraction of sp³-hybridized carbons (Fsp3) is 0.125. The third kappa shape index (κ3) is 4.74. The van der Waals surface area contributed by atoms with Gasteiger partial charge in [0.2, 0.25) is 15.9 Å². The van der Waals surface area contributed by atoms with Crippen LogP contribution < -0.4 is 9.62 Å². The highest BCUT2D eigenvalue weighted by atomic mass is 32.2. The van der Waals surface area contributed by atoms with E-state index in [0.29, 0.717) is 21.6 Å². The highest BCUT2D eigenvalue weighted by Crippen LogP contribution is 2.22. The zero-order valence-electron chi connectivity index (χ0n) is 13.0. The second-order valence-electron chi connectivity index (χ2n) is 5.10. The smallest absolute Gasteiger partial charge is 0.245 e. The molecule has 2 rings (SSSR count). The first-order valence-corrected chi connectivity index (χ1v) is 8.78. The van der Waals surface area contributed by atoms with Gasteiger partial charge >= 0.3 is 0 Å². The van der Waals surface area contributed by atoms with Crippen LogP contribution in [0, 0.1) is 23.0 Å². The fourth-order valence-corrected chi connectivity index (χ4v) is 2.88. The SMILES string of the molecule is CS(=O)(=O)N(CC(=O)Nc1ccc(C#N)cc1)c1ccc(F)cc1F. The van der Waals surface area contributed by atoms with Crippen LogP contribution in [-0.2, 0) is 14.8 Å². The van der Waals surface area contributed by atoms with Gasteiger partial charge in [-0.2, -0.15) is 5.26 Å². The van der Waals surface area contributed by atoms with Crippen LogP contribution in [0.1, 0.15) is 5.56 Å². The fourth-order valence-electron chi connectivity index (χ4n) is 2.02. The Morgan fingerprint density at radius 3 is 2.36 bits per heavy atom. The average molecular weight is 365 g/mol. The number of nitrogens with zero attached hydrogens (tertiary/aromatic N) is 2. The lowest BCUT2D eigenvalue weighted by Crippen LogP contribution is -2.38. The van der Waals surface area contributed by atoms with Gasteiger partial charge in [0.1, 0.15) is 18.2 Å². The van der Waals surface area contributed by atoms with E-state index in [9.17, 15) is 22.0 Å². The zero-order chi connectivity index (χ0) is 18.6. The normalized spacial score (nSPS) is 10.8. The Balaban J connectivity index is 2.22. The summed E-state index contributed by atoms with van der Waals surface area (Å²) in [7, 11) is -3.98. The average Bonchev–Trinajstić information content (AvgIpc) is 2.53. The standard InChI is InChI=1S/C16H13F2N3O3S/c1-25(23,24)21(15-7-4-12(17)8-14(15)18)10-16(22)20-13-5-2-11(9-19)3-6-13/h2-8H,10H2,1H3,(H,20,22). The van der Waals surface area contributed by atoms with Crippen molar-refractivity contribution in [1.82, 2.24) is 0 Å². The molecule has 1 amide bonds. The molecule has 2 aromatic rings. The Morgan fingerprint density at radius 1 is 1.20 bits per heavy atom. The lowest BCUT2D eigenvalue weighted by molar-refractivity contribution is -0.114. The van der Waals surface area contributed by atoms with Crippen LogP contribution >= 0.6 is 0 Å². The first kappa shape index (κ1) is 18.4. The molecule has 0 unspecified atom stereocenters. The van der Waals surface area contributed by atoms with Gasteiger partial charge in [-0.05, 0) is 36.4 Å². The summed E-state index contributed by atoms with van der Waals surface area (Å²) in [5.74, 6) is -2.69. The summed E-state index contributed by atoms with van der Waals surface area (Å²) in [6.07, 6.45) is 0.810. The summed E-state index contributed by atoms with van der Waals surface area (Å²) in [5, 5.41) is 11.2. The molecule has 25 heavy (non-hydrogen) atoms. The van der Waals surface area contributed by atoms with Gasteiger partial charge < -0.3 is 5.32 Å². The largest absolute Gasteiger partial charge is 0.325 e. The van der Waals surface area contributed by atoms with E-state index in [1.807, 2.05) is 6.07 Å². The van der Waals surface area contributed by atoms with Gasteiger partial charge in [0.15, 0.2) is 0 Å². The van der Waals surface area contributed by atoms with Gasteiger partial charge in [0.25, 0.3) is 0 Å². The monoisotopic (exact) mass is 365 g/mol. The van der Waals surface area contributed by atoms with Crippen molar-refractivity contribution in [1.29, 1.82) is 5.26 Å². The quantitative estimate of drug-likeness (QED) is 0.880. The number of sulfonamides is 1. The minimum Gasteiger partial charge on any atom is -0.325 e. The van der Waals surface area contributed by atoms with Crippen molar-refractivity contribution in [2.24, 2.45) is 0 Å². The number of nitriles is 1. The van der Waals surface area contributed by atoms with Crippen LogP contribution in [0.2, 0.25) is 0 Å². The highest BCUT2D eigenvalue weighted by molar-refractivity contribution is 7.92. The van der Waals surface area contributed by atoms with E-state index < -0.39 is 39.8 Å². The number of rotatable bonds is 5. The molecular weight excluding hydrogens is 352 g/mol. The number of benzene rings is 2. The molecule has 0 aliphatic carbocycles. The molecule has 130 valence electrons. The molecule has 0 fully saturated rings. The summed E-state index contributed by atoms with van der Waals surface area (Å²) in [5.41, 5.74) is 0.306. The molecule has 0 aliphatic heterocycles. The topological polar surface area (TPSA) is 90.3 Å². The van der Waals surface area contributed by atoms with Gasteiger partial charge in [-0.1, -0.05) is 0 Å². The molecule has 0 spiro atoms. The Bertz CT molecular complexity index is 938. The number of amides is 1. The summed E-state index contributed by atoms with van der Waals surface area (Å²) in [4.78, 5) is 12.1. The van der Waals surface area contributed by atoms with Crippen molar-refractivity contribution >= 4 is 27.3 Å². The maximum Gasteiger partial charge on any atom is 0.245 e. The van der Waals surface area contributed by atoms with Gasteiger partial charge in [0, 0.05) is 11.8 Å². The van der Waals surface area contributed by atoms with Crippen LogP contribution in [0.15, 0.2) is 42.5 Å². The molecular formula is C16H13F2N3O3S. The summed E-state index contributed by atoms with van der Waals surface area (Å²) in [6, 6.07) is 10.2. The maximum atomic E-state index is 13.9. The molecule has 0 saturated heterocycles.